The zero-order valence-corrected chi connectivity index (χ0v) is 12.9. The van der Waals surface area contributed by atoms with E-state index in [-0.39, 0.29) is 11.5 Å². The Balaban J connectivity index is 2.06. The van der Waals surface area contributed by atoms with Crippen molar-refractivity contribution in [3.8, 4) is 11.5 Å². The lowest BCUT2D eigenvalue weighted by Gasteiger charge is -2.20. The molecule has 0 unspecified atom stereocenters. The van der Waals surface area contributed by atoms with E-state index in [9.17, 15) is 9.13 Å². The van der Waals surface area contributed by atoms with Crippen LogP contribution in [0.3, 0.4) is 0 Å². The van der Waals surface area contributed by atoms with Gasteiger partial charge in [0.2, 0.25) is 0 Å². The fourth-order valence-electron chi connectivity index (χ4n) is 2.01. The van der Waals surface area contributed by atoms with Gasteiger partial charge in [0.05, 0.1) is 0 Å². The molecule has 116 valence electrons. The van der Waals surface area contributed by atoms with E-state index in [0.29, 0.717) is 6.42 Å². The highest BCUT2D eigenvalue weighted by atomic mass is 31.3. The second kappa shape index (κ2) is 5.54. The van der Waals surface area contributed by atoms with E-state index in [1.807, 2.05) is 0 Å². The van der Waals surface area contributed by atoms with E-state index >= 15 is 0 Å². The summed E-state index contributed by atoms with van der Waals surface area (Å²) in [4.78, 5) is 17.8. The van der Waals surface area contributed by atoms with Gasteiger partial charge in [-0.2, -0.15) is 4.31 Å². The van der Waals surface area contributed by atoms with E-state index in [0.717, 1.165) is 11.1 Å². The molecule has 0 fully saturated rings. The van der Waals surface area contributed by atoms with Gasteiger partial charge < -0.3 is 18.8 Å². The third-order valence-electron chi connectivity index (χ3n) is 2.90. The molecule has 4 aliphatic heterocycles. The van der Waals surface area contributed by atoms with E-state index in [1.165, 1.54) is 24.3 Å². The minimum atomic E-state index is -5.07. The average molecular weight is 342 g/mol. The van der Waals surface area contributed by atoms with E-state index in [2.05, 4.69) is 4.31 Å². The molecule has 4 aliphatic rings. The third-order valence-corrected chi connectivity index (χ3v) is 5.42. The standard InChI is InChI=1S/C13H12O7P2/c14-21(15,16)20-22(17)18-12-5-1-10(2-6-12)9-11-3-7-13(19-22)8-4-11/h1-8H,9H2,(H2,14,15,16). The molecular formula is C13H12O7P2. The van der Waals surface area contributed by atoms with Gasteiger partial charge in [0.15, 0.2) is 0 Å². The Morgan fingerprint density at radius 1 is 0.909 bits per heavy atom. The molecule has 7 nitrogen and oxygen atoms in total. The maximum absolute atomic E-state index is 12.5. The van der Waals surface area contributed by atoms with Crippen LogP contribution in [0.1, 0.15) is 11.1 Å². The summed E-state index contributed by atoms with van der Waals surface area (Å²) in [5.74, 6) is 0.242. The summed E-state index contributed by atoms with van der Waals surface area (Å²) in [7, 11) is -9.62. The van der Waals surface area contributed by atoms with E-state index < -0.39 is 15.6 Å². The SMILES string of the molecule is O=P(O)(O)OP1(=O)Oc2ccc(cc2)Cc2ccc(cc2)O1. The van der Waals surface area contributed by atoms with Crippen LogP contribution >= 0.6 is 15.6 Å². The summed E-state index contributed by atoms with van der Waals surface area (Å²) < 4.78 is 37.9. The second-order valence-electron chi connectivity index (χ2n) is 4.67. The molecule has 9 heteroatoms. The van der Waals surface area contributed by atoms with Crippen LogP contribution in [0.4, 0.5) is 0 Å². The summed E-state index contributed by atoms with van der Waals surface area (Å²) in [6, 6.07) is 13.1. The predicted octanol–water partition coefficient (Wildman–Crippen LogP) is 3.27. The van der Waals surface area contributed by atoms with Gasteiger partial charge in [-0.25, -0.2) is 9.13 Å². The number of benzene rings is 2. The van der Waals surface area contributed by atoms with Crippen molar-refractivity contribution in [3.63, 3.8) is 0 Å². The molecule has 4 bridgehead atoms. The van der Waals surface area contributed by atoms with Crippen molar-refractivity contribution in [1.29, 1.82) is 0 Å². The van der Waals surface area contributed by atoms with Crippen molar-refractivity contribution < 1.29 is 32.3 Å². The number of hydrogen-bond acceptors (Lipinski definition) is 5. The zero-order chi connectivity index (χ0) is 15.8. The van der Waals surface area contributed by atoms with E-state index in [4.69, 9.17) is 18.8 Å². The quantitative estimate of drug-likeness (QED) is 0.808. The van der Waals surface area contributed by atoms with Gasteiger partial charge in [0.25, 0.3) is 0 Å². The molecule has 0 atom stereocenters. The van der Waals surface area contributed by atoms with E-state index in [1.54, 1.807) is 24.3 Å². The van der Waals surface area contributed by atoms with Crippen LogP contribution in [0.15, 0.2) is 48.5 Å². The summed E-state index contributed by atoms with van der Waals surface area (Å²) in [6.07, 6.45) is 0.706. The molecule has 0 saturated heterocycles. The van der Waals surface area contributed by atoms with Crippen LogP contribution in [-0.2, 0) is 19.9 Å². The van der Waals surface area contributed by atoms with Crippen molar-refractivity contribution in [2.75, 3.05) is 0 Å². The Morgan fingerprint density at radius 2 is 1.32 bits per heavy atom. The van der Waals surface area contributed by atoms with Crippen LogP contribution in [-0.4, -0.2) is 9.79 Å². The van der Waals surface area contributed by atoms with Crippen molar-refractivity contribution in [1.82, 2.24) is 0 Å². The monoisotopic (exact) mass is 342 g/mol. The second-order valence-corrected chi connectivity index (χ2v) is 7.56. The third kappa shape index (κ3) is 3.77. The van der Waals surface area contributed by atoms with Crippen molar-refractivity contribution in [3.05, 3.63) is 59.7 Å². The predicted molar refractivity (Wildman–Crippen MR) is 77.7 cm³/mol. The molecule has 22 heavy (non-hydrogen) atoms. The summed E-state index contributed by atoms with van der Waals surface area (Å²) in [5.41, 5.74) is 2.01. The molecule has 2 aromatic carbocycles. The first-order chi connectivity index (χ1) is 10.3. The van der Waals surface area contributed by atoms with Crippen LogP contribution in [0, 0.1) is 0 Å². The minimum absolute atomic E-state index is 0.121. The van der Waals surface area contributed by atoms with Gasteiger partial charge in [-0.05, 0) is 41.8 Å². The van der Waals surface area contributed by atoms with Crippen LogP contribution < -0.4 is 9.05 Å². The highest BCUT2D eigenvalue weighted by Gasteiger charge is 2.39. The number of hydrogen-bond donors (Lipinski definition) is 2. The molecular weight excluding hydrogens is 330 g/mol. The van der Waals surface area contributed by atoms with Gasteiger partial charge >= 0.3 is 15.6 Å². The smallest absolute Gasteiger partial charge is 0.395 e. The fraction of sp³-hybridized carbons (Fsp3) is 0.0769. The van der Waals surface area contributed by atoms with Crippen molar-refractivity contribution in [2.45, 2.75) is 6.42 Å². The summed E-state index contributed by atoms with van der Waals surface area (Å²) in [6.45, 7) is 0. The molecule has 4 heterocycles. The van der Waals surface area contributed by atoms with Crippen LogP contribution in [0.2, 0.25) is 0 Å². The van der Waals surface area contributed by atoms with Crippen LogP contribution in [0.25, 0.3) is 0 Å². The first-order valence-electron chi connectivity index (χ1n) is 6.25. The Morgan fingerprint density at radius 3 is 1.68 bits per heavy atom. The Bertz CT molecular complexity index is 712. The minimum Gasteiger partial charge on any atom is -0.395 e. The zero-order valence-electron chi connectivity index (χ0n) is 11.2. The lowest BCUT2D eigenvalue weighted by molar-refractivity contribution is 0.233. The molecule has 0 amide bonds. The molecule has 2 aromatic rings. The Hall–Kier alpha value is -1.62. The number of phosphoric acid groups is 2. The normalized spacial score (nSPS) is 16.3. The maximum Gasteiger partial charge on any atom is 0.596 e. The molecule has 0 aliphatic carbocycles. The van der Waals surface area contributed by atoms with Gasteiger partial charge in [-0.3, -0.25) is 0 Å². The Labute approximate surface area is 126 Å². The lowest BCUT2D eigenvalue weighted by Crippen LogP contribution is -2.05. The van der Waals surface area contributed by atoms with Crippen LogP contribution in [0.5, 0.6) is 11.5 Å². The lowest BCUT2D eigenvalue weighted by atomic mass is 10.1. The molecule has 6 rings (SSSR count). The highest BCUT2D eigenvalue weighted by molar-refractivity contribution is 7.61. The topological polar surface area (TPSA) is 102 Å². The molecule has 0 saturated carbocycles. The summed E-state index contributed by atoms with van der Waals surface area (Å²) in [5, 5.41) is 0. The molecule has 0 aromatic heterocycles. The fourth-order valence-corrected chi connectivity index (χ4v) is 4.12. The van der Waals surface area contributed by atoms with Gasteiger partial charge in [0.1, 0.15) is 11.5 Å². The Kier molecular flexibility index (Phi) is 3.85. The average Bonchev–Trinajstić information content (AvgIpc) is 2.39. The maximum atomic E-state index is 12.5. The molecule has 0 spiro atoms. The summed E-state index contributed by atoms with van der Waals surface area (Å²) >= 11 is 0. The van der Waals surface area contributed by atoms with Gasteiger partial charge in [-0.1, -0.05) is 24.3 Å². The number of rotatable bonds is 2. The van der Waals surface area contributed by atoms with Crippen molar-refractivity contribution >= 4 is 15.6 Å². The number of phosphoric ester groups is 1. The van der Waals surface area contributed by atoms with Gasteiger partial charge in [-0.15, -0.1) is 0 Å². The first kappa shape index (κ1) is 15.3. The first-order valence-corrected chi connectivity index (χ1v) is 9.24. The van der Waals surface area contributed by atoms with Gasteiger partial charge in [0, 0.05) is 0 Å². The van der Waals surface area contributed by atoms with Crippen molar-refractivity contribution in [2.24, 2.45) is 0 Å². The highest BCUT2D eigenvalue weighted by Crippen LogP contribution is 2.60. The molecule has 0 radical (unpaired) electrons. The molecule has 2 N–H and O–H groups in total. The largest absolute Gasteiger partial charge is 0.596 e.